The maximum absolute atomic E-state index is 13.1. The molecule has 1 heterocycles. The third kappa shape index (κ3) is 11.9. The largest absolute Gasteiger partial charge is 0.468 e. The van der Waals surface area contributed by atoms with Gasteiger partial charge in [0.25, 0.3) is 0 Å². The van der Waals surface area contributed by atoms with E-state index in [1.54, 1.807) is 20.8 Å². The number of amides is 1. The molecule has 0 bridgehead atoms. The summed E-state index contributed by atoms with van der Waals surface area (Å²) in [6.07, 6.45) is -4.85. The van der Waals surface area contributed by atoms with E-state index in [-0.39, 0.29) is 26.4 Å². The van der Waals surface area contributed by atoms with Crippen molar-refractivity contribution in [3.8, 4) is 0 Å². The standard InChI is InChI=1S/C37H46N2O10/c1-37(2,3)49-36(42)39-20-29(40)48-35-30(31(38)34(41)43-4)33(46-23-27-18-12-7-13-19-27)32(45-22-26-16-10-6-11-17-26)28(47-35)24-44-21-25-14-8-5-9-15-25/h5-19,28,30-33,35H,20-24,38H2,1-4H3,(H,39,42)/t28-,30-,31-,32-,33-,35+/m1/s1. The second-order valence-corrected chi connectivity index (χ2v) is 12.5. The van der Waals surface area contributed by atoms with Gasteiger partial charge in [0.1, 0.15) is 30.4 Å². The zero-order chi connectivity index (χ0) is 35.2. The molecule has 1 aliphatic heterocycles. The Balaban J connectivity index is 1.65. The van der Waals surface area contributed by atoms with E-state index in [1.807, 2.05) is 91.0 Å². The highest BCUT2D eigenvalue weighted by Gasteiger charge is 2.53. The zero-order valence-corrected chi connectivity index (χ0v) is 28.3. The molecule has 0 aromatic heterocycles. The highest BCUT2D eigenvalue weighted by molar-refractivity contribution is 5.78. The van der Waals surface area contributed by atoms with Gasteiger partial charge in [-0.2, -0.15) is 0 Å². The van der Waals surface area contributed by atoms with Gasteiger partial charge in [0.05, 0.1) is 45.6 Å². The molecule has 3 N–H and O–H groups in total. The van der Waals surface area contributed by atoms with E-state index in [0.717, 1.165) is 16.7 Å². The van der Waals surface area contributed by atoms with Crippen LogP contribution in [0.3, 0.4) is 0 Å². The van der Waals surface area contributed by atoms with Crippen molar-refractivity contribution < 1.29 is 47.5 Å². The number of nitrogens with one attached hydrogen (secondary N) is 1. The summed E-state index contributed by atoms with van der Waals surface area (Å²) in [7, 11) is 1.21. The molecule has 3 aromatic carbocycles. The molecule has 12 nitrogen and oxygen atoms in total. The first kappa shape index (κ1) is 37.5. The van der Waals surface area contributed by atoms with Crippen molar-refractivity contribution in [3.05, 3.63) is 108 Å². The van der Waals surface area contributed by atoms with E-state index in [9.17, 15) is 14.4 Å². The second kappa shape index (κ2) is 18.4. The third-order valence-corrected chi connectivity index (χ3v) is 7.57. The van der Waals surface area contributed by atoms with Gasteiger partial charge >= 0.3 is 18.0 Å². The predicted octanol–water partition coefficient (Wildman–Crippen LogP) is 4.28. The van der Waals surface area contributed by atoms with Gasteiger partial charge in [-0.05, 0) is 37.5 Å². The molecule has 264 valence electrons. The van der Waals surface area contributed by atoms with Gasteiger partial charge < -0.3 is 44.2 Å². The maximum Gasteiger partial charge on any atom is 0.408 e. The van der Waals surface area contributed by atoms with Crippen LogP contribution in [-0.4, -0.2) is 74.5 Å². The number of hydrogen-bond donors (Lipinski definition) is 2. The fourth-order valence-corrected chi connectivity index (χ4v) is 5.27. The Morgan fingerprint density at radius 3 is 1.82 bits per heavy atom. The first-order valence-electron chi connectivity index (χ1n) is 16.1. The van der Waals surface area contributed by atoms with Crippen LogP contribution in [0.25, 0.3) is 0 Å². The fourth-order valence-electron chi connectivity index (χ4n) is 5.27. The van der Waals surface area contributed by atoms with Crippen LogP contribution in [-0.2, 0) is 62.6 Å². The van der Waals surface area contributed by atoms with Crippen molar-refractivity contribution in [3.63, 3.8) is 0 Å². The number of carbonyl (C=O) groups is 3. The summed E-state index contributed by atoms with van der Waals surface area (Å²) in [4.78, 5) is 38.3. The predicted molar refractivity (Wildman–Crippen MR) is 179 cm³/mol. The summed E-state index contributed by atoms with van der Waals surface area (Å²) >= 11 is 0. The molecule has 1 aliphatic rings. The van der Waals surface area contributed by atoms with Crippen LogP contribution < -0.4 is 11.1 Å². The normalized spacial score (nSPS) is 21.3. The smallest absolute Gasteiger partial charge is 0.408 e. The molecule has 0 radical (unpaired) electrons. The van der Waals surface area contributed by atoms with E-state index in [0.29, 0.717) is 0 Å². The van der Waals surface area contributed by atoms with Gasteiger partial charge in [0.15, 0.2) is 0 Å². The Kier molecular flexibility index (Phi) is 14.1. The first-order valence-corrected chi connectivity index (χ1v) is 16.1. The SMILES string of the molecule is COC(=O)[C@H](N)[C@H]1[C@H](OC(=O)CNC(=O)OC(C)(C)C)O[C@H](COCc2ccccc2)[C@@H](OCc2ccccc2)[C@@H]1OCc1ccccc1. The highest BCUT2D eigenvalue weighted by atomic mass is 16.7. The Bertz CT molecular complexity index is 1450. The number of carbonyl (C=O) groups excluding carboxylic acids is 3. The Labute approximate surface area is 287 Å². The summed E-state index contributed by atoms with van der Waals surface area (Å²) in [6.45, 7) is 5.16. The highest BCUT2D eigenvalue weighted by Crippen LogP contribution is 2.35. The summed E-state index contributed by atoms with van der Waals surface area (Å²) in [5.74, 6) is -2.71. The van der Waals surface area contributed by atoms with Gasteiger partial charge in [-0.3, -0.25) is 9.59 Å². The Morgan fingerprint density at radius 1 is 0.796 bits per heavy atom. The molecule has 1 fully saturated rings. The second-order valence-electron chi connectivity index (χ2n) is 12.5. The average molecular weight is 679 g/mol. The maximum atomic E-state index is 13.1. The number of benzene rings is 3. The monoisotopic (exact) mass is 678 g/mol. The quantitative estimate of drug-likeness (QED) is 0.175. The van der Waals surface area contributed by atoms with Gasteiger partial charge in [-0.25, -0.2) is 4.79 Å². The van der Waals surface area contributed by atoms with E-state index in [2.05, 4.69) is 5.32 Å². The number of hydrogen-bond acceptors (Lipinski definition) is 11. The molecule has 0 saturated carbocycles. The number of methoxy groups -OCH3 is 1. The number of esters is 2. The van der Waals surface area contributed by atoms with Gasteiger partial charge in [-0.1, -0.05) is 91.0 Å². The van der Waals surface area contributed by atoms with Crippen molar-refractivity contribution >= 4 is 18.0 Å². The first-order chi connectivity index (χ1) is 23.5. The van der Waals surface area contributed by atoms with Crippen LogP contribution in [0.15, 0.2) is 91.0 Å². The van der Waals surface area contributed by atoms with Gasteiger partial charge in [0.2, 0.25) is 6.29 Å². The Morgan fingerprint density at radius 2 is 1.31 bits per heavy atom. The van der Waals surface area contributed by atoms with E-state index in [4.69, 9.17) is 38.9 Å². The minimum atomic E-state index is -1.41. The topological polar surface area (TPSA) is 154 Å². The number of alkyl carbamates (subject to hydrolysis) is 1. The fraction of sp³-hybridized carbons (Fsp3) is 0.432. The van der Waals surface area contributed by atoms with Crippen molar-refractivity contribution in [1.29, 1.82) is 0 Å². The van der Waals surface area contributed by atoms with E-state index in [1.165, 1.54) is 7.11 Å². The lowest BCUT2D eigenvalue weighted by atomic mass is 9.85. The molecule has 49 heavy (non-hydrogen) atoms. The summed E-state index contributed by atoms with van der Waals surface area (Å²) < 4.78 is 41.5. The minimum absolute atomic E-state index is 0.0178. The molecule has 6 atom stereocenters. The van der Waals surface area contributed by atoms with Crippen molar-refractivity contribution in [1.82, 2.24) is 5.32 Å². The average Bonchev–Trinajstić information content (AvgIpc) is 3.09. The van der Waals surface area contributed by atoms with Gasteiger partial charge in [-0.15, -0.1) is 0 Å². The number of ether oxygens (including phenoxy) is 7. The van der Waals surface area contributed by atoms with E-state index < -0.39 is 66.7 Å². The zero-order valence-electron chi connectivity index (χ0n) is 28.3. The van der Waals surface area contributed by atoms with Crippen molar-refractivity contribution in [2.24, 2.45) is 11.7 Å². The van der Waals surface area contributed by atoms with Crippen LogP contribution >= 0.6 is 0 Å². The molecule has 0 unspecified atom stereocenters. The van der Waals surface area contributed by atoms with Crippen LogP contribution in [0, 0.1) is 5.92 Å². The Hall–Kier alpha value is -4.33. The van der Waals surface area contributed by atoms with Crippen molar-refractivity contribution in [2.75, 3.05) is 20.3 Å². The molecule has 3 aromatic rings. The molecule has 0 spiro atoms. The summed E-state index contributed by atoms with van der Waals surface area (Å²) in [5.41, 5.74) is 8.42. The van der Waals surface area contributed by atoms with Crippen LogP contribution in [0.1, 0.15) is 37.5 Å². The third-order valence-electron chi connectivity index (χ3n) is 7.57. The molecule has 12 heteroatoms. The van der Waals surface area contributed by atoms with E-state index >= 15 is 0 Å². The summed E-state index contributed by atoms with van der Waals surface area (Å²) in [6, 6.07) is 27.2. The lowest BCUT2D eigenvalue weighted by Gasteiger charge is -2.47. The molecule has 4 rings (SSSR count). The summed E-state index contributed by atoms with van der Waals surface area (Å²) in [5, 5.41) is 2.38. The minimum Gasteiger partial charge on any atom is -0.468 e. The lowest BCUT2D eigenvalue weighted by Crippen LogP contribution is -2.64. The lowest BCUT2D eigenvalue weighted by molar-refractivity contribution is -0.300. The van der Waals surface area contributed by atoms with Gasteiger partial charge in [0, 0.05) is 0 Å². The van der Waals surface area contributed by atoms with Crippen LogP contribution in [0.4, 0.5) is 4.79 Å². The molecule has 0 aliphatic carbocycles. The molecular weight excluding hydrogens is 632 g/mol. The number of rotatable bonds is 15. The molecular formula is C37H46N2O10. The molecule has 1 amide bonds. The van der Waals surface area contributed by atoms with Crippen LogP contribution in [0.5, 0.6) is 0 Å². The van der Waals surface area contributed by atoms with Crippen LogP contribution in [0.2, 0.25) is 0 Å². The molecule has 1 saturated heterocycles. The number of nitrogens with two attached hydrogens (primary N) is 1. The van der Waals surface area contributed by atoms with Crippen molar-refractivity contribution in [2.45, 2.75) is 76.8 Å².